The van der Waals surface area contributed by atoms with Crippen molar-refractivity contribution in [1.82, 2.24) is 5.32 Å². The van der Waals surface area contributed by atoms with Crippen molar-refractivity contribution < 1.29 is 17.6 Å². The fourth-order valence-electron chi connectivity index (χ4n) is 2.89. The van der Waals surface area contributed by atoms with Crippen molar-refractivity contribution in [1.29, 1.82) is 0 Å². The predicted octanol–water partition coefficient (Wildman–Crippen LogP) is 1.33. The fourth-order valence-corrected chi connectivity index (χ4v) is 4.56. The number of amides is 1. The molecule has 7 heteroatoms. The topological polar surface area (TPSA) is 93.4 Å². The molecule has 0 bridgehead atoms. The van der Waals surface area contributed by atoms with Gasteiger partial charge in [-0.2, -0.15) is 0 Å². The zero-order chi connectivity index (χ0) is 16.8. The Kier molecular flexibility index (Phi) is 3.75. The Morgan fingerprint density at radius 3 is 2.65 bits per heavy atom. The summed E-state index contributed by atoms with van der Waals surface area (Å²) in [7, 11) is -3.08. The van der Waals surface area contributed by atoms with Crippen LogP contribution in [-0.2, 0) is 9.84 Å². The molecule has 1 fully saturated rings. The molecule has 1 aliphatic rings. The van der Waals surface area contributed by atoms with Crippen LogP contribution in [-0.4, -0.2) is 31.9 Å². The lowest BCUT2D eigenvalue weighted by Gasteiger charge is -2.11. The van der Waals surface area contributed by atoms with Crippen LogP contribution in [0.15, 0.2) is 27.4 Å². The number of rotatable bonds is 2. The molecule has 0 saturated carbocycles. The molecule has 1 saturated heterocycles. The molecule has 122 valence electrons. The minimum atomic E-state index is -3.08. The molecule has 1 aromatic heterocycles. The number of aryl methyl sites for hydroxylation is 2. The Labute approximate surface area is 133 Å². The van der Waals surface area contributed by atoms with E-state index in [1.165, 1.54) is 0 Å². The van der Waals surface area contributed by atoms with Crippen molar-refractivity contribution in [2.45, 2.75) is 26.3 Å². The molecule has 1 aromatic carbocycles. The first-order valence-corrected chi connectivity index (χ1v) is 9.14. The van der Waals surface area contributed by atoms with Gasteiger partial charge in [-0.25, -0.2) is 8.42 Å². The van der Waals surface area contributed by atoms with Gasteiger partial charge in [0, 0.05) is 12.1 Å². The number of fused-ring (bicyclic) bond motifs is 1. The van der Waals surface area contributed by atoms with Crippen LogP contribution in [0.5, 0.6) is 0 Å². The van der Waals surface area contributed by atoms with Crippen LogP contribution in [0.25, 0.3) is 11.0 Å². The molecule has 2 aromatic rings. The first kappa shape index (κ1) is 15.7. The number of sulfone groups is 1. The summed E-state index contributed by atoms with van der Waals surface area (Å²) < 4.78 is 28.5. The standard InChI is InChI=1S/C16H17NO5S/c1-9-5-10(2)15-12(6-9)13(18)7-14(22-15)16(19)17-11-3-4-23(20,21)8-11/h5-7,11H,3-4,8H2,1-2H3,(H,17,19)/t11-/m1/s1. The smallest absolute Gasteiger partial charge is 0.287 e. The van der Waals surface area contributed by atoms with E-state index in [9.17, 15) is 18.0 Å². The summed E-state index contributed by atoms with van der Waals surface area (Å²) in [5, 5.41) is 3.06. The van der Waals surface area contributed by atoms with E-state index in [0.717, 1.165) is 17.2 Å². The summed E-state index contributed by atoms with van der Waals surface area (Å²) in [5.74, 6) is -0.669. The van der Waals surface area contributed by atoms with Gasteiger partial charge in [-0.1, -0.05) is 6.07 Å². The van der Waals surface area contributed by atoms with Gasteiger partial charge in [0.2, 0.25) is 0 Å². The molecule has 0 unspecified atom stereocenters. The van der Waals surface area contributed by atoms with E-state index < -0.39 is 21.8 Å². The van der Waals surface area contributed by atoms with Gasteiger partial charge in [0.1, 0.15) is 5.58 Å². The molecule has 1 aliphatic heterocycles. The van der Waals surface area contributed by atoms with E-state index in [1.54, 1.807) is 6.07 Å². The van der Waals surface area contributed by atoms with E-state index in [4.69, 9.17) is 4.42 Å². The van der Waals surface area contributed by atoms with Crippen molar-refractivity contribution in [3.8, 4) is 0 Å². The first-order chi connectivity index (χ1) is 10.7. The lowest BCUT2D eigenvalue weighted by atomic mass is 10.1. The third-order valence-electron chi connectivity index (χ3n) is 3.95. The van der Waals surface area contributed by atoms with Gasteiger partial charge < -0.3 is 9.73 Å². The maximum absolute atomic E-state index is 12.2. The second-order valence-corrected chi connectivity index (χ2v) is 8.24. The minimum absolute atomic E-state index is 0.0675. The number of hydrogen-bond donors (Lipinski definition) is 1. The lowest BCUT2D eigenvalue weighted by Crippen LogP contribution is -2.35. The Hall–Kier alpha value is -2.15. The Balaban J connectivity index is 1.94. The van der Waals surface area contributed by atoms with Crippen LogP contribution in [0.3, 0.4) is 0 Å². The maximum atomic E-state index is 12.2. The van der Waals surface area contributed by atoms with Crippen molar-refractivity contribution >= 4 is 26.7 Å². The van der Waals surface area contributed by atoms with Gasteiger partial charge in [0.25, 0.3) is 5.91 Å². The normalized spacial score (nSPS) is 19.8. The molecule has 1 N–H and O–H groups in total. The molecule has 23 heavy (non-hydrogen) atoms. The van der Waals surface area contributed by atoms with Crippen LogP contribution >= 0.6 is 0 Å². The second kappa shape index (κ2) is 5.49. The average Bonchev–Trinajstić information content (AvgIpc) is 2.78. The van der Waals surface area contributed by atoms with Gasteiger partial charge in [-0.3, -0.25) is 9.59 Å². The van der Waals surface area contributed by atoms with Crippen LogP contribution in [0.1, 0.15) is 28.1 Å². The van der Waals surface area contributed by atoms with Crippen molar-refractivity contribution in [2.24, 2.45) is 0 Å². The molecule has 0 radical (unpaired) electrons. The molecule has 2 heterocycles. The molecule has 3 rings (SSSR count). The van der Waals surface area contributed by atoms with Crippen molar-refractivity contribution in [2.75, 3.05) is 11.5 Å². The van der Waals surface area contributed by atoms with Gasteiger partial charge in [-0.15, -0.1) is 0 Å². The summed E-state index contributed by atoms with van der Waals surface area (Å²) >= 11 is 0. The van der Waals surface area contributed by atoms with Crippen molar-refractivity contribution in [3.63, 3.8) is 0 Å². The van der Waals surface area contributed by atoms with E-state index in [1.807, 2.05) is 19.9 Å². The maximum Gasteiger partial charge on any atom is 0.287 e. The van der Waals surface area contributed by atoms with E-state index >= 15 is 0 Å². The minimum Gasteiger partial charge on any atom is -0.450 e. The summed E-state index contributed by atoms with van der Waals surface area (Å²) in [6.07, 6.45) is 0.379. The summed E-state index contributed by atoms with van der Waals surface area (Å²) in [6, 6.07) is 4.31. The second-order valence-electron chi connectivity index (χ2n) is 6.01. The highest BCUT2D eigenvalue weighted by Gasteiger charge is 2.29. The highest BCUT2D eigenvalue weighted by molar-refractivity contribution is 7.91. The summed E-state index contributed by atoms with van der Waals surface area (Å²) in [6.45, 7) is 3.69. The van der Waals surface area contributed by atoms with E-state index in [2.05, 4.69) is 5.32 Å². The first-order valence-electron chi connectivity index (χ1n) is 7.31. The Morgan fingerprint density at radius 2 is 2.00 bits per heavy atom. The molecule has 6 nitrogen and oxygen atoms in total. The predicted molar refractivity (Wildman–Crippen MR) is 86.5 cm³/mol. The summed E-state index contributed by atoms with van der Waals surface area (Å²) in [5.41, 5.74) is 1.81. The Morgan fingerprint density at radius 1 is 1.26 bits per heavy atom. The SMILES string of the molecule is Cc1cc(C)c2oc(C(=O)N[C@@H]3CCS(=O)(=O)C3)cc(=O)c2c1. The molecule has 1 atom stereocenters. The highest BCUT2D eigenvalue weighted by atomic mass is 32.2. The quantitative estimate of drug-likeness (QED) is 0.893. The van der Waals surface area contributed by atoms with Gasteiger partial charge in [0.15, 0.2) is 21.0 Å². The van der Waals surface area contributed by atoms with Crippen LogP contribution in [0.4, 0.5) is 0 Å². The number of benzene rings is 1. The summed E-state index contributed by atoms with van der Waals surface area (Å²) in [4.78, 5) is 24.5. The zero-order valence-corrected chi connectivity index (χ0v) is 13.7. The van der Waals surface area contributed by atoms with Gasteiger partial charge in [-0.05, 0) is 37.5 Å². The van der Waals surface area contributed by atoms with Gasteiger partial charge >= 0.3 is 0 Å². The fraction of sp³-hybridized carbons (Fsp3) is 0.375. The van der Waals surface area contributed by atoms with Gasteiger partial charge in [0.05, 0.1) is 16.9 Å². The molecule has 0 aliphatic carbocycles. The number of carbonyl (C=O) groups is 1. The Bertz CT molecular complexity index is 958. The average molecular weight is 335 g/mol. The zero-order valence-electron chi connectivity index (χ0n) is 12.9. The van der Waals surface area contributed by atoms with E-state index in [-0.39, 0.29) is 22.7 Å². The number of nitrogens with one attached hydrogen (secondary N) is 1. The van der Waals surface area contributed by atoms with Crippen molar-refractivity contribution in [3.05, 3.63) is 45.3 Å². The molecule has 0 spiro atoms. The third-order valence-corrected chi connectivity index (χ3v) is 5.72. The lowest BCUT2D eigenvalue weighted by molar-refractivity contribution is 0.0913. The monoisotopic (exact) mass is 335 g/mol. The third kappa shape index (κ3) is 3.14. The highest BCUT2D eigenvalue weighted by Crippen LogP contribution is 2.19. The number of carbonyl (C=O) groups excluding carboxylic acids is 1. The molecular weight excluding hydrogens is 318 g/mol. The van der Waals surface area contributed by atoms with Crippen LogP contribution in [0.2, 0.25) is 0 Å². The van der Waals surface area contributed by atoms with E-state index in [0.29, 0.717) is 17.4 Å². The number of hydrogen-bond acceptors (Lipinski definition) is 5. The largest absolute Gasteiger partial charge is 0.450 e. The van der Waals surface area contributed by atoms with Crippen LogP contribution < -0.4 is 10.7 Å². The molecule has 1 amide bonds. The molecular formula is C16H17NO5S. The van der Waals surface area contributed by atoms with Crippen LogP contribution in [0, 0.1) is 13.8 Å².